The highest BCUT2D eigenvalue weighted by molar-refractivity contribution is 7.94. The second-order valence-electron chi connectivity index (χ2n) is 5.22. The summed E-state index contributed by atoms with van der Waals surface area (Å²) in [6.45, 7) is 1.81. The van der Waals surface area contributed by atoms with E-state index in [1.165, 1.54) is 5.41 Å². The van der Waals surface area contributed by atoms with E-state index in [1.807, 2.05) is 29.2 Å². The van der Waals surface area contributed by atoms with Crippen LogP contribution < -0.4 is 4.90 Å². The van der Waals surface area contributed by atoms with Crippen LogP contribution in [0.4, 0.5) is 10.1 Å². The molecular weight excluding hydrogens is 293 g/mol. The van der Waals surface area contributed by atoms with Gasteiger partial charge in [0, 0.05) is 36.9 Å². The molecule has 1 aromatic carbocycles. The van der Waals surface area contributed by atoms with E-state index < -0.39 is 16.5 Å². The number of hydrogen-bond acceptors (Lipinski definition) is 4. The van der Waals surface area contributed by atoms with Crippen LogP contribution >= 0.6 is 0 Å². The molecule has 0 saturated heterocycles. The SMILES string of the molecule is CO[C@H](c1ccc(N2C=CS(=O)(=O)CC2)cc1)[C@H](C)CF. The number of anilines is 1. The lowest BCUT2D eigenvalue weighted by molar-refractivity contribution is 0.0479. The summed E-state index contributed by atoms with van der Waals surface area (Å²) in [7, 11) is -1.48. The van der Waals surface area contributed by atoms with E-state index in [0.29, 0.717) is 6.54 Å². The van der Waals surface area contributed by atoms with Crippen LogP contribution in [0.15, 0.2) is 35.9 Å². The number of benzene rings is 1. The second kappa shape index (κ2) is 6.58. The first-order chi connectivity index (χ1) is 9.96. The lowest BCUT2D eigenvalue weighted by Gasteiger charge is -2.25. The van der Waals surface area contributed by atoms with Gasteiger partial charge >= 0.3 is 0 Å². The molecule has 0 unspecified atom stereocenters. The molecule has 1 aromatic rings. The van der Waals surface area contributed by atoms with Crippen molar-refractivity contribution in [1.29, 1.82) is 0 Å². The molecule has 116 valence electrons. The van der Waals surface area contributed by atoms with E-state index in [2.05, 4.69) is 0 Å². The number of ether oxygens (including phenoxy) is 1. The van der Waals surface area contributed by atoms with E-state index in [-0.39, 0.29) is 17.8 Å². The highest BCUT2D eigenvalue weighted by Gasteiger charge is 2.20. The number of nitrogens with zero attached hydrogens (tertiary/aromatic N) is 1. The molecule has 0 amide bonds. The normalized spacial score (nSPS) is 20.2. The third-order valence-electron chi connectivity index (χ3n) is 3.63. The topological polar surface area (TPSA) is 46.6 Å². The summed E-state index contributed by atoms with van der Waals surface area (Å²) in [4.78, 5) is 1.88. The molecule has 4 nitrogen and oxygen atoms in total. The summed E-state index contributed by atoms with van der Waals surface area (Å²) in [5.74, 6) is -0.0916. The Kier molecular flexibility index (Phi) is 5.00. The largest absolute Gasteiger partial charge is 0.376 e. The lowest BCUT2D eigenvalue weighted by Crippen LogP contribution is -2.28. The quantitative estimate of drug-likeness (QED) is 0.838. The zero-order valence-corrected chi connectivity index (χ0v) is 13.0. The highest BCUT2D eigenvalue weighted by Crippen LogP contribution is 2.28. The first-order valence-corrected chi connectivity index (χ1v) is 8.54. The molecule has 21 heavy (non-hydrogen) atoms. The van der Waals surface area contributed by atoms with Crippen LogP contribution in [-0.4, -0.2) is 34.5 Å². The predicted molar refractivity (Wildman–Crippen MR) is 81.6 cm³/mol. The number of halogens is 1. The minimum absolute atomic E-state index is 0.116. The number of hydrogen-bond donors (Lipinski definition) is 0. The van der Waals surface area contributed by atoms with E-state index in [9.17, 15) is 12.8 Å². The summed E-state index contributed by atoms with van der Waals surface area (Å²) < 4.78 is 40.9. The van der Waals surface area contributed by atoms with Gasteiger partial charge in [-0.2, -0.15) is 0 Å². The maximum absolute atomic E-state index is 12.8. The molecule has 0 spiro atoms. The van der Waals surface area contributed by atoms with Crippen molar-refractivity contribution in [2.24, 2.45) is 5.92 Å². The molecule has 0 fully saturated rings. The van der Waals surface area contributed by atoms with Gasteiger partial charge in [0.05, 0.1) is 18.5 Å². The van der Waals surface area contributed by atoms with Gasteiger partial charge in [-0.15, -0.1) is 0 Å². The minimum atomic E-state index is -3.05. The van der Waals surface area contributed by atoms with Crippen molar-refractivity contribution in [3.63, 3.8) is 0 Å². The Morgan fingerprint density at radius 3 is 2.48 bits per heavy atom. The molecule has 1 aliphatic heterocycles. The van der Waals surface area contributed by atoms with Crippen molar-refractivity contribution in [3.8, 4) is 0 Å². The first kappa shape index (κ1) is 16.0. The maximum Gasteiger partial charge on any atom is 0.174 e. The van der Waals surface area contributed by atoms with Gasteiger partial charge in [-0.25, -0.2) is 8.42 Å². The molecular formula is C15H20FNO3S. The van der Waals surface area contributed by atoms with Gasteiger partial charge in [0.15, 0.2) is 9.84 Å². The number of sulfone groups is 1. The van der Waals surface area contributed by atoms with Crippen LogP contribution in [0.2, 0.25) is 0 Å². The Balaban J connectivity index is 2.16. The van der Waals surface area contributed by atoms with E-state index in [1.54, 1.807) is 20.2 Å². The molecule has 0 bridgehead atoms. The van der Waals surface area contributed by atoms with Gasteiger partial charge in [-0.05, 0) is 17.7 Å². The fraction of sp³-hybridized carbons (Fsp3) is 0.467. The summed E-state index contributed by atoms with van der Waals surface area (Å²) in [6.07, 6.45) is 1.30. The molecule has 6 heteroatoms. The highest BCUT2D eigenvalue weighted by atomic mass is 32.2. The van der Waals surface area contributed by atoms with Gasteiger partial charge in [-0.1, -0.05) is 19.1 Å². The average molecular weight is 313 g/mol. The van der Waals surface area contributed by atoms with Crippen molar-refractivity contribution in [2.45, 2.75) is 13.0 Å². The molecule has 1 aliphatic rings. The van der Waals surface area contributed by atoms with Crippen LogP contribution in [0.3, 0.4) is 0 Å². The Morgan fingerprint density at radius 1 is 1.33 bits per heavy atom. The number of alkyl halides is 1. The molecule has 0 aliphatic carbocycles. The van der Waals surface area contributed by atoms with Gasteiger partial charge in [0.1, 0.15) is 0 Å². The average Bonchev–Trinajstić information content (AvgIpc) is 2.48. The molecule has 0 saturated carbocycles. The van der Waals surface area contributed by atoms with Crippen molar-refractivity contribution in [3.05, 3.63) is 41.4 Å². The Bertz CT molecular complexity index is 598. The Labute approximate surface area is 125 Å². The molecule has 0 aromatic heterocycles. The van der Waals surface area contributed by atoms with Gasteiger partial charge in [0.25, 0.3) is 0 Å². The monoisotopic (exact) mass is 313 g/mol. The minimum Gasteiger partial charge on any atom is -0.376 e. The molecule has 0 N–H and O–H groups in total. The molecule has 2 rings (SSSR count). The maximum atomic E-state index is 12.8. The molecule has 2 atom stereocenters. The van der Waals surface area contributed by atoms with Gasteiger partial charge in [-0.3, -0.25) is 4.39 Å². The number of methoxy groups -OCH3 is 1. The van der Waals surface area contributed by atoms with Crippen LogP contribution in [0.25, 0.3) is 0 Å². The van der Waals surface area contributed by atoms with Gasteiger partial charge < -0.3 is 9.64 Å². The standard InChI is InChI=1S/C15H20FNO3S/c1-12(11-16)15(20-2)13-3-5-14(6-4-13)17-7-9-21(18,19)10-8-17/h3-7,9,12,15H,8,10-11H2,1-2H3/t12-,15+/m1/s1. The third kappa shape index (κ3) is 3.83. The smallest absolute Gasteiger partial charge is 0.174 e. The van der Waals surface area contributed by atoms with E-state index in [4.69, 9.17) is 4.74 Å². The van der Waals surface area contributed by atoms with Gasteiger partial charge in [0.2, 0.25) is 0 Å². The fourth-order valence-electron chi connectivity index (χ4n) is 2.38. The van der Waals surface area contributed by atoms with Crippen LogP contribution in [0.5, 0.6) is 0 Å². The Morgan fingerprint density at radius 2 is 2.00 bits per heavy atom. The van der Waals surface area contributed by atoms with E-state index >= 15 is 0 Å². The van der Waals surface area contributed by atoms with Crippen LogP contribution in [0.1, 0.15) is 18.6 Å². The third-order valence-corrected chi connectivity index (χ3v) is 4.92. The first-order valence-electron chi connectivity index (χ1n) is 6.83. The zero-order chi connectivity index (χ0) is 15.5. The molecule has 1 heterocycles. The van der Waals surface area contributed by atoms with Crippen LogP contribution in [0, 0.1) is 5.92 Å². The van der Waals surface area contributed by atoms with Crippen LogP contribution in [-0.2, 0) is 14.6 Å². The Hall–Kier alpha value is -1.40. The summed E-state index contributed by atoms with van der Waals surface area (Å²) in [5.41, 5.74) is 1.83. The van der Waals surface area contributed by atoms with Crippen molar-refractivity contribution < 1.29 is 17.5 Å². The molecule has 0 radical (unpaired) electrons. The van der Waals surface area contributed by atoms with Crippen molar-refractivity contribution >= 4 is 15.5 Å². The fourth-order valence-corrected chi connectivity index (χ4v) is 3.30. The van der Waals surface area contributed by atoms with E-state index in [0.717, 1.165) is 11.3 Å². The predicted octanol–water partition coefficient (Wildman–Crippen LogP) is 2.69. The summed E-state index contributed by atoms with van der Waals surface area (Å²) >= 11 is 0. The summed E-state index contributed by atoms with van der Waals surface area (Å²) in [6, 6.07) is 7.59. The van der Waals surface area contributed by atoms with Crippen molar-refractivity contribution in [2.75, 3.05) is 31.0 Å². The summed E-state index contributed by atoms with van der Waals surface area (Å²) in [5, 5.41) is 1.23. The zero-order valence-electron chi connectivity index (χ0n) is 12.2. The lowest BCUT2D eigenvalue weighted by atomic mass is 9.98. The van der Waals surface area contributed by atoms with Crippen molar-refractivity contribution in [1.82, 2.24) is 0 Å². The number of rotatable bonds is 5. The second-order valence-corrected chi connectivity index (χ2v) is 7.23.